The second kappa shape index (κ2) is 6.49. The molecule has 6 nitrogen and oxygen atoms in total. The SMILES string of the molecule is COc1nc(OCC23CCCN2CC(=C(F)F)C3)nc2c1CCNC2. The first kappa shape index (κ1) is 16.7. The monoisotopic (exact) mass is 352 g/mol. The summed E-state index contributed by atoms with van der Waals surface area (Å²) in [7, 11) is 1.59. The maximum absolute atomic E-state index is 13.0. The van der Waals surface area contributed by atoms with Crippen molar-refractivity contribution in [2.45, 2.75) is 37.8 Å². The van der Waals surface area contributed by atoms with Gasteiger partial charge in [-0.1, -0.05) is 0 Å². The van der Waals surface area contributed by atoms with E-state index in [9.17, 15) is 8.78 Å². The minimum absolute atomic E-state index is 0.233. The number of aromatic nitrogens is 2. The maximum atomic E-state index is 13.0. The van der Waals surface area contributed by atoms with E-state index in [0.717, 1.165) is 43.6 Å². The Morgan fingerprint density at radius 2 is 2.24 bits per heavy atom. The molecular weight excluding hydrogens is 330 g/mol. The van der Waals surface area contributed by atoms with Crippen molar-refractivity contribution in [2.24, 2.45) is 0 Å². The molecule has 2 saturated heterocycles. The van der Waals surface area contributed by atoms with Crippen molar-refractivity contribution in [1.82, 2.24) is 20.2 Å². The van der Waals surface area contributed by atoms with E-state index in [1.54, 1.807) is 7.11 Å². The zero-order chi connectivity index (χ0) is 17.4. The van der Waals surface area contributed by atoms with Gasteiger partial charge in [-0.3, -0.25) is 4.90 Å². The van der Waals surface area contributed by atoms with Crippen LogP contribution in [0.25, 0.3) is 0 Å². The van der Waals surface area contributed by atoms with Crippen molar-refractivity contribution in [3.05, 3.63) is 22.9 Å². The molecule has 25 heavy (non-hydrogen) atoms. The number of hydrogen-bond donors (Lipinski definition) is 1. The highest BCUT2D eigenvalue weighted by molar-refractivity contribution is 5.34. The third-order valence-electron chi connectivity index (χ3n) is 5.47. The van der Waals surface area contributed by atoms with Crippen LogP contribution in [-0.4, -0.2) is 53.8 Å². The van der Waals surface area contributed by atoms with E-state index in [2.05, 4.69) is 20.2 Å². The van der Waals surface area contributed by atoms with Crippen LogP contribution in [0.1, 0.15) is 30.5 Å². The molecule has 136 valence electrons. The first-order valence-electron chi connectivity index (χ1n) is 8.67. The lowest BCUT2D eigenvalue weighted by Crippen LogP contribution is -2.43. The molecule has 1 N–H and O–H groups in total. The van der Waals surface area contributed by atoms with Crippen molar-refractivity contribution < 1.29 is 18.3 Å². The van der Waals surface area contributed by atoms with Crippen LogP contribution < -0.4 is 14.8 Å². The first-order chi connectivity index (χ1) is 12.1. The molecule has 2 fully saturated rings. The van der Waals surface area contributed by atoms with Crippen molar-refractivity contribution in [2.75, 3.05) is 33.4 Å². The number of ether oxygens (including phenoxy) is 2. The summed E-state index contributed by atoms with van der Waals surface area (Å²) in [6, 6.07) is 0.263. The summed E-state index contributed by atoms with van der Waals surface area (Å²) in [4.78, 5) is 11.0. The predicted octanol–water partition coefficient (Wildman–Crippen LogP) is 1.90. The van der Waals surface area contributed by atoms with Gasteiger partial charge in [0.1, 0.15) is 6.61 Å². The molecule has 0 bridgehead atoms. The Balaban J connectivity index is 1.54. The number of rotatable bonds is 4. The molecule has 0 aromatic carbocycles. The van der Waals surface area contributed by atoms with E-state index >= 15 is 0 Å². The number of halogens is 2. The van der Waals surface area contributed by atoms with Crippen LogP contribution in [-0.2, 0) is 13.0 Å². The Bertz CT molecular complexity index is 691. The highest BCUT2D eigenvalue weighted by Crippen LogP contribution is 2.42. The molecular formula is C17H22F2N4O2. The molecule has 0 radical (unpaired) electrons. The molecule has 0 spiro atoms. The molecule has 8 heteroatoms. The summed E-state index contributed by atoms with van der Waals surface area (Å²) in [5.74, 6) is 0.545. The maximum Gasteiger partial charge on any atom is 0.320 e. The fourth-order valence-corrected chi connectivity index (χ4v) is 4.20. The van der Waals surface area contributed by atoms with Crippen LogP contribution in [0.4, 0.5) is 8.78 Å². The normalized spacial score (nSPS) is 25.6. The summed E-state index contributed by atoms with van der Waals surface area (Å²) in [5.41, 5.74) is 1.77. The van der Waals surface area contributed by atoms with Crippen molar-refractivity contribution in [3.63, 3.8) is 0 Å². The summed E-state index contributed by atoms with van der Waals surface area (Å²) >= 11 is 0. The molecule has 1 aromatic rings. The molecule has 4 rings (SSSR count). The smallest absolute Gasteiger partial charge is 0.320 e. The van der Waals surface area contributed by atoms with Gasteiger partial charge in [0, 0.05) is 24.2 Å². The molecule has 1 unspecified atom stereocenters. The third-order valence-corrected chi connectivity index (χ3v) is 5.47. The standard InChI is InChI=1S/C17H22F2N4O2/c1-24-15-12-3-5-20-8-13(12)21-16(22-15)25-10-17-4-2-6-23(17)9-11(7-17)14(18)19/h20H,2-10H2,1H3. The Morgan fingerprint density at radius 1 is 1.36 bits per heavy atom. The fourth-order valence-electron chi connectivity index (χ4n) is 4.20. The number of hydrogen-bond acceptors (Lipinski definition) is 6. The Hall–Kier alpha value is -1.80. The van der Waals surface area contributed by atoms with Crippen LogP contribution in [0.15, 0.2) is 11.7 Å². The minimum atomic E-state index is -1.55. The average Bonchev–Trinajstić information content (AvgIpc) is 3.16. The highest BCUT2D eigenvalue weighted by atomic mass is 19.3. The molecule has 0 saturated carbocycles. The molecule has 3 aliphatic rings. The van der Waals surface area contributed by atoms with Gasteiger partial charge in [0.05, 0.1) is 18.3 Å². The van der Waals surface area contributed by atoms with Gasteiger partial charge in [0.15, 0.2) is 0 Å². The van der Waals surface area contributed by atoms with Crippen molar-refractivity contribution in [1.29, 1.82) is 0 Å². The Labute approximate surface area is 145 Å². The van der Waals surface area contributed by atoms with E-state index in [1.807, 2.05) is 0 Å². The van der Waals surface area contributed by atoms with Gasteiger partial charge in [-0.25, -0.2) is 0 Å². The molecule has 4 heterocycles. The van der Waals surface area contributed by atoms with E-state index in [4.69, 9.17) is 9.47 Å². The fraction of sp³-hybridized carbons (Fsp3) is 0.647. The van der Waals surface area contributed by atoms with Crippen LogP contribution in [0.3, 0.4) is 0 Å². The number of nitrogens with zero attached hydrogens (tertiary/aromatic N) is 3. The van der Waals surface area contributed by atoms with Gasteiger partial charge in [-0.05, 0) is 38.8 Å². The number of nitrogens with one attached hydrogen (secondary N) is 1. The molecule has 0 aliphatic carbocycles. The zero-order valence-electron chi connectivity index (χ0n) is 14.3. The van der Waals surface area contributed by atoms with E-state index < -0.39 is 6.08 Å². The molecule has 3 aliphatic heterocycles. The van der Waals surface area contributed by atoms with Crippen molar-refractivity contribution in [3.8, 4) is 11.9 Å². The van der Waals surface area contributed by atoms with Crippen LogP contribution in [0.2, 0.25) is 0 Å². The lowest BCUT2D eigenvalue weighted by atomic mass is 9.94. The zero-order valence-corrected chi connectivity index (χ0v) is 14.3. The van der Waals surface area contributed by atoms with Crippen LogP contribution in [0.5, 0.6) is 11.9 Å². The summed E-state index contributed by atoms with van der Waals surface area (Å²) < 4.78 is 37.3. The van der Waals surface area contributed by atoms with E-state index in [0.29, 0.717) is 32.0 Å². The van der Waals surface area contributed by atoms with Gasteiger partial charge < -0.3 is 14.8 Å². The highest BCUT2D eigenvalue weighted by Gasteiger charge is 2.48. The lowest BCUT2D eigenvalue weighted by molar-refractivity contribution is 0.106. The van der Waals surface area contributed by atoms with E-state index in [1.165, 1.54) is 0 Å². The van der Waals surface area contributed by atoms with Gasteiger partial charge >= 0.3 is 6.01 Å². The van der Waals surface area contributed by atoms with Gasteiger partial charge in [0.25, 0.3) is 6.08 Å². The minimum Gasteiger partial charge on any atom is -0.481 e. The Morgan fingerprint density at radius 3 is 3.04 bits per heavy atom. The van der Waals surface area contributed by atoms with Gasteiger partial charge in [-0.2, -0.15) is 18.7 Å². The summed E-state index contributed by atoms with van der Waals surface area (Å²) in [5, 5.41) is 3.27. The molecule has 1 atom stereocenters. The number of methoxy groups -OCH3 is 1. The second-order valence-electron chi connectivity index (χ2n) is 6.95. The van der Waals surface area contributed by atoms with Crippen LogP contribution >= 0.6 is 0 Å². The quantitative estimate of drug-likeness (QED) is 0.893. The van der Waals surface area contributed by atoms with Crippen LogP contribution in [0, 0.1) is 0 Å². The number of fused-ring (bicyclic) bond motifs is 2. The summed E-state index contributed by atoms with van der Waals surface area (Å²) in [6.45, 7) is 3.01. The van der Waals surface area contributed by atoms with Gasteiger partial charge in [0.2, 0.25) is 5.88 Å². The first-order valence-corrected chi connectivity index (χ1v) is 8.67. The largest absolute Gasteiger partial charge is 0.481 e. The topological polar surface area (TPSA) is 59.5 Å². The summed E-state index contributed by atoms with van der Waals surface area (Å²) in [6.07, 6.45) is 1.49. The Kier molecular flexibility index (Phi) is 4.33. The van der Waals surface area contributed by atoms with Gasteiger partial charge in [-0.15, -0.1) is 0 Å². The lowest BCUT2D eigenvalue weighted by Gasteiger charge is -2.31. The second-order valence-corrected chi connectivity index (χ2v) is 6.95. The van der Waals surface area contributed by atoms with Crippen molar-refractivity contribution >= 4 is 0 Å². The van der Waals surface area contributed by atoms with E-state index in [-0.39, 0.29) is 17.1 Å². The average molecular weight is 352 g/mol. The third kappa shape index (κ3) is 2.97. The predicted molar refractivity (Wildman–Crippen MR) is 86.9 cm³/mol. The molecule has 1 aromatic heterocycles. The molecule has 0 amide bonds.